The summed E-state index contributed by atoms with van der Waals surface area (Å²) in [5.74, 6) is 0.216. The van der Waals surface area contributed by atoms with Crippen LogP contribution in [-0.4, -0.2) is 12.5 Å². The van der Waals surface area contributed by atoms with Crippen LogP contribution in [0.15, 0.2) is 17.5 Å². The molecule has 1 aliphatic carbocycles. The van der Waals surface area contributed by atoms with Crippen LogP contribution in [0.1, 0.15) is 45.3 Å². The van der Waals surface area contributed by atoms with Crippen LogP contribution in [0.25, 0.3) is 0 Å². The van der Waals surface area contributed by atoms with E-state index in [1.54, 1.807) is 17.4 Å². The van der Waals surface area contributed by atoms with Crippen LogP contribution in [0.2, 0.25) is 0 Å². The number of nitrogens with one attached hydrogen (secondary N) is 2. The van der Waals surface area contributed by atoms with Gasteiger partial charge in [-0.2, -0.15) is 0 Å². The van der Waals surface area contributed by atoms with E-state index < -0.39 is 0 Å². The van der Waals surface area contributed by atoms with Gasteiger partial charge in [0.25, 0.3) is 5.91 Å². The van der Waals surface area contributed by atoms with E-state index in [9.17, 15) is 9.18 Å². The standard InChI is InChI=1S/C19H21FN2OS.ClH/c1-11-2-4-14-15(10-24-17(14)8-11)19(23)22-16-5-3-12-9-21-7-6-13(12)18(16)20;/h3,5,10-11,21H,2,4,6-9H2,1H3,(H,22,23);1H. The van der Waals surface area contributed by atoms with E-state index in [0.717, 1.165) is 48.1 Å². The smallest absolute Gasteiger partial charge is 0.256 e. The van der Waals surface area contributed by atoms with Gasteiger partial charge in [0.2, 0.25) is 0 Å². The Morgan fingerprint density at radius 3 is 3.00 bits per heavy atom. The first-order chi connectivity index (χ1) is 11.6. The van der Waals surface area contributed by atoms with E-state index in [4.69, 9.17) is 0 Å². The van der Waals surface area contributed by atoms with Gasteiger partial charge < -0.3 is 10.6 Å². The summed E-state index contributed by atoms with van der Waals surface area (Å²) in [7, 11) is 0. The van der Waals surface area contributed by atoms with Gasteiger partial charge in [0, 0.05) is 16.8 Å². The molecule has 0 saturated heterocycles. The first-order valence-electron chi connectivity index (χ1n) is 8.55. The highest BCUT2D eigenvalue weighted by Crippen LogP contribution is 2.33. The van der Waals surface area contributed by atoms with Crippen LogP contribution in [-0.2, 0) is 25.8 Å². The van der Waals surface area contributed by atoms with Crippen molar-refractivity contribution in [2.75, 3.05) is 11.9 Å². The Labute approximate surface area is 157 Å². The van der Waals surface area contributed by atoms with Gasteiger partial charge in [0.1, 0.15) is 5.82 Å². The second-order valence-electron chi connectivity index (χ2n) is 6.84. The molecule has 0 fully saturated rings. The zero-order chi connectivity index (χ0) is 16.7. The van der Waals surface area contributed by atoms with Crippen molar-refractivity contribution >= 4 is 35.3 Å². The molecule has 1 aliphatic heterocycles. The molecule has 4 rings (SSSR count). The van der Waals surface area contributed by atoms with Gasteiger partial charge in [-0.05, 0) is 60.9 Å². The molecule has 2 N–H and O–H groups in total. The zero-order valence-electron chi connectivity index (χ0n) is 14.2. The highest BCUT2D eigenvalue weighted by atomic mass is 35.5. The SMILES string of the molecule is CC1CCc2c(C(=O)Nc3ccc4c(c3F)CCNC4)csc2C1.Cl. The van der Waals surface area contributed by atoms with Crippen LogP contribution in [0.3, 0.4) is 0 Å². The molecule has 3 nitrogen and oxygen atoms in total. The summed E-state index contributed by atoms with van der Waals surface area (Å²) < 4.78 is 14.7. The average Bonchev–Trinajstić information content (AvgIpc) is 3.00. The first-order valence-corrected chi connectivity index (χ1v) is 9.43. The minimum absolute atomic E-state index is 0. The molecule has 25 heavy (non-hydrogen) atoms. The highest BCUT2D eigenvalue weighted by Gasteiger charge is 2.24. The Morgan fingerprint density at radius 1 is 1.32 bits per heavy atom. The Balaban J connectivity index is 0.00000182. The predicted molar refractivity (Wildman–Crippen MR) is 103 cm³/mol. The summed E-state index contributed by atoms with van der Waals surface area (Å²) in [6.45, 7) is 3.72. The number of carbonyl (C=O) groups excluding carboxylic acids is 1. The van der Waals surface area contributed by atoms with E-state index in [1.165, 1.54) is 4.88 Å². The quantitative estimate of drug-likeness (QED) is 0.814. The van der Waals surface area contributed by atoms with Crippen LogP contribution in [0, 0.1) is 11.7 Å². The number of anilines is 1. The number of amides is 1. The van der Waals surface area contributed by atoms with Crippen molar-refractivity contribution in [1.29, 1.82) is 0 Å². The largest absolute Gasteiger partial charge is 0.319 e. The number of carbonyl (C=O) groups is 1. The monoisotopic (exact) mass is 380 g/mol. The van der Waals surface area contributed by atoms with E-state index in [2.05, 4.69) is 17.6 Å². The fourth-order valence-electron chi connectivity index (χ4n) is 3.69. The van der Waals surface area contributed by atoms with Crippen molar-refractivity contribution in [2.24, 2.45) is 5.92 Å². The summed E-state index contributed by atoms with van der Waals surface area (Å²) in [5, 5.41) is 7.96. The average molecular weight is 381 g/mol. The van der Waals surface area contributed by atoms with Gasteiger partial charge >= 0.3 is 0 Å². The molecule has 1 unspecified atom stereocenters. The Hall–Kier alpha value is -1.43. The van der Waals surface area contributed by atoms with Gasteiger partial charge in [-0.15, -0.1) is 23.7 Å². The van der Waals surface area contributed by atoms with Crippen molar-refractivity contribution in [3.05, 3.63) is 50.5 Å². The van der Waals surface area contributed by atoms with Crippen LogP contribution >= 0.6 is 23.7 Å². The number of hydrogen-bond donors (Lipinski definition) is 2. The molecule has 2 heterocycles. The van der Waals surface area contributed by atoms with Crippen molar-refractivity contribution in [2.45, 2.75) is 39.2 Å². The molecule has 6 heteroatoms. The minimum Gasteiger partial charge on any atom is -0.319 e. The highest BCUT2D eigenvalue weighted by molar-refractivity contribution is 7.10. The molecule has 2 aliphatic rings. The lowest BCUT2D eigenvalue weighted by Gasteiger charge is -2.20. The molecular formula is C19H22ClFN2OS. The maximum absolute atomic E-state index is 14.7. The van der Waals surface area contributed by atoms with Gasteiger partial charge in [-0.3, -0.25) is 4.79 Å². The molecule has 1 amide bonds. The summed E-state index contributed by atoms with van der Waals surface area (Å²) in [6.07, 6.45) is 3.77. The lowest BCUT2D eigenvalue weighted by Crippen LogP contribution is -2.25. The van der Waals surface area contributed by atoms with Crippen LogP contribution in [0.5, 0.6) is 0 Å². The number of thiophene rings is 1. The Kier molecular flexibility index (Phi) is 5.46. The van der Waals surface area contributed by atoms with Gasteiger partial charge in [-0.1, -0.05) is 13.0 Å². The number of hydrogen-bond acceptors (Lipinski definition) is 3. The van der Waals surface area contributed by atoms with E-state index in [0.29, 0.717) is 24.6 Å². The normalized spacial score (nSPS) is 18.7. The number of fused-ring (bicyclic) bond motifs is 2. The first kappa shape index (κ1) is 18.4. The summed E-state index contributed by atoms with van der Waals surface area (Å²) >= 11 is 1.66. The number of benzene rings is 1. The maximum atomic E-state index is 14.7. The molecule has 1 aromatic carbocycles. The number of halogens is 2. The second kappa shape index (κ2) is 7.44. The molecule has 0 spiro atoms. The lowest BCUT2D eigenvalue weighted by atomic mass is 9.88. The molecule has 0 radical (unpaired) electrons. The van der Waals surface area contributed by atoms with Crippen LogP contribution < -0.4 is 10.6 Å². The molecule has 1 atom stereocenters. The fourth-order valence-corrected chi connectivity index (χ4v) is 4.93. The predicted octanol–water partition coefficient (Wildman–Crippen LogP) is 4.33. The van der Waals surface area contributed by atoms with Crippen LogP contribution in [0.4, 0.5) is 10.1 Å². The van der Waals surface area contributed by atoms with Gasteiger partial charge in [0.05, 0.1) is 11.3 Å². The van der Waals surface area contributed by atoms with Gasteiger partial charge in [0.15, 0.2) is 0 Å². The van der Waals surface area contributed by atoms with Gasteiger partial charge in [-0.25, -0.2) is 4.39 Å². The third-order valence-electron chi connectivity index (χ3n) is 5.10. The molecule has 0 saturated carbocycles. The minimum atomic E-state index is -0.278. The molecule has 1 aromatic heterocycles. The van der Waals surface area contributed by atoms with Crippen molar-refractivity contribution in [3.63, 3.8) is 0 Å². The summed E-state index contributed by atoms with van der Waals surface area (Å²) in [6, 6.07) is 3.59. The number of rotatable bonds is 2. The van der Waals surface area contributed by atoms with E-state index >= 15 is 0 Å². The van der Waals surface area contributed by atoms with Crippen molar-refractivity contribution < 1.29 is 9.18 Å². The molecular weight excluding hydrogens is 359 g/mol. The molecule has 0 bridgehead atoms. The van der Waals surface area contributed by atoms with Crippen molar-refractivity contribution in [3.8, 4) is 0 Å². The maximum Gasteiger partial charge on any atom is 0.256 e. The summed E-state index contributed by atoms with van der Waals surface area (Å²) in [4.78, 5) is 14.0. The third kappa shape index (κ3) is 3.46. The summed E-state index contributed by atoms with van der Waals surface area (Å²) in [5.41, 5.74) is 3.90. The third-order valence-corrected chi connectivity index (χ3v) is 6.15. The molecule has 2 aromatic rings. The fraction of sp³-hybridized carbons (Fsp3) is 0.421. The zero-order valence-corrected chi connectivity index (χ0v) is 15.8. The lowest BCUT2D eigenvalue weighted by molar-refractivity contribution is 0.102. The second-order valence-corrected chi connectivity index (χ2v) is 7.81. The Bertz CT molecular complexity index is 805. The van der Waals surface area contributed by atoms with E-state index in [1.807, 2.05) is 11.4 Å². The van der Waals surface area contributed by atoms with Crippen molar-refractivity contribution in [1.82, 2.24) is 5.32 Å². The van der Waals surface area contributed by atoms with E-state index in [-0.39, 0.29) is 24.1 Å². The topological polar surface area (TPSA) is 41.1 Å². The molecule has 134 valence electrons. The Morgan fingerprint density at radius 2 is 2.16 bits per heavy atom.